The van der Waals surface area contributed by atoms with Crippen LogP contribution in [0.4, 0.5) is 0 Å². The summed E-state index contributed by atoms with van der Waals surface area (Å²) in [6.45, 7) is 40.3. The lowest BCUT2D eigenvalue weighted by Gasteiger charge is -2.24. The van der Waals surface area contributed by atoms with Crippen LogP contribution in [0.2, 0.25) is 0 Å². The molecule has 0 atom stereocenters. The number of hydrogen-bond donors (Lipinski definition) is 0. The van der Waals surface area contributed by atoms with Gasteiger partial charge < -0.3 is 0 Å². The van der Waals surface area contributed by atoms with Gasteiger partial charge in [0.05, 0.1) is 32.7 Å². The van der Waals surface area contributed by atoms with Crippen molar-refractivity contribution in [2.45, 2.75) is 135 Å². The predicted molar refractivity (Wildman–Crippen MR) is 605 cm³/mol. The Labute approximate surface area is 841 Å². The Morgan fingerprint density at radius 1 is 0.197 bits per heavy atom. The molecule has 10 heteroatoms. The molecule has 0 fully saturated rings. The van der Waals surface area contributed by atoms with Crippen molar-refractivity contribution in [1.29, 1.82) is 0 Å². The summed E-state index contributed by atoms with van der Waals surface area (Å²) in [6, 6.07) is 119. The Morgan fingerprint density at radius 3 is 0.641 bits per heavy atom. The summed E-state index contributed by atoms with van der Waals surface area (Å²) in [5.74, 6) is 0. The minimum Gasteiger partial charge on any atom is -0.128 e. The van der Waals surface area contributed by atoms with E-state index in [1.165, 1.54) is 260 Å². The van der Waals surface area contributed by atoms with Crippen LogP contribution in [0.25, 0.3) is 217 Å². The molecule has 24 rings (SSSR count). The largest absolute Gasteiger partial charge is 0.256 e. The monoisotopic (exact) mass is 1880 g/mol. The maximum Gasteiger partial charge on any atom is 0.256 e. The van der Waals surface area contributed by atoms with Gasteiger partial charge in [0, 0.05) is 73.6 Å². The molecule has 0 saturated heterocycles. The Kier molecular flexibility index (Phi) is 24.1. The molecule has 6 aromatic heterocycles. The number of benzene rings is 18. The summed E-state index contributed by atoms with van der Waals surface area (Å²) >= 11 is 3.72. The summed E-state index contributed by atoms with van der Waals surface area (Å²) in [5, 5.41) is 48.7. The quantitative estimate of drug-likeness (QED) is 0.112. The van der Waals surface area contributed by atoms with Crippen molar-refractivity contribution in [3.8, 4) is 88.7 Å². The third-order valence-electron chi connectivity index (χ3n) is 29.6. The molecule has 0 aliphatic heterocycles. The van der Waals surface area contributed by atoms with Crippen LogP contribution in [0, 0.1) is 83.1 Å². The minimum atomic E-state index is 0.00869. The number of fused-ring (bicyclic) bond motifs is 12. The predicted octanol–water partition coefficient (Wildman–Crippen LogP) is 33.2. The van der Waals surface area contributed by atoms with E-state index in [1.807, 2.05) is 22.7 Å². The Bertz CT molecular complexity index is 8720. The van der Waals surface area contributed by atoms with Gasteiger partial charge in [0.1, 0.15) is 32.5 Å². The SMILES string of the molecule is Cc1cccc(C)c1-c1n[n+](C)c(-c2cc(C(C)(C)C)c3ccccc3c2C)c2cc3ccccc3cc12.Cc1cccc(C)c1-c1n[n+](C)c(-c2cc(C(C)(C)C)c3ccccc3c2C)c2cc3ccccc3cc12.Cc1cccc(C)c1-c1n[n+](C)c(-c2sc3ccccc3c2C)c2cc3ccccc3cc12.Cc1cccc(C)c1-c1n[n+](C)c(-c2sc3ccccc3c2C)c2cc3ccccc3cc12. The van der Waals surface area contributed by atoms with E-state index in [1.54, 1.807) is 0 Å². The topological polar surface area (TPSA) is 67.1 Å². The van der Waals surface area contributed by atoms with Crippen molar-refractivity contribution in [1.82, 2.24) is 20.4 Å². The lowest BCUT2D eigenvalue weighted by atomic mass is 9.80. The molecule has 696 valence electrons. The molecule has 0 radical (unpaired) electrons. The van der Waals surface area contributed by atoms with Crippen LogP contribution in [-0.4, -0.2) is 20.4 Å². The fourth-order valence-corrected chi connectivity index (χ4v) is 25.1. The van der Waals surface area contributed by atoms with Gasteiger partial charge >= 0.3 is 0 Å². The third-order valence-corrected chi connectivity index (χ3v) is 32.2. The molecular formula is C132H120N8S2+4. The Morgan fingerprint density at radius 2 is 0.401 bits per heavy atom. The molecule has 0 bridgehead atoms. The summed E-state index contributed by atoms with van der Waals surface area (Å²) in [5.41, 5.74) is 34.3. The van der Waals surface area contributed by atoms with Crippen molar-refractivity contribution >= 4 is 151 Å². The Hall–Kier alpha value is -15.2. The van der Waals surface area contributed by atoms with E-state index in [9.17, 15) is 0 Å². The first kappa shape index (κ1) is 93.1. The minimum absolute atomic E-state index is 0.00869. The maximum atomic E-state index is 5.31. The first-order valence-electron chi connectivity index (χ1n) is 49.6. The third kappa shape index (κ3) is 16.5. The van der Waals surface area contributed by atoms with Gasteiger partial charge in [-0.15, -0.1) is 22.7 Å². The van der Waals surface area contributed by atoms with Gasteiger partial charge in [-0.05, 0) is 320 Å². The molecule has 0 amide bonds. The average Bonchev–Trinajstić information content (AvgIpc) is 0.925. The molecule has 0 spiro atoms. The molecule has 24 aromatic rings. The molecule has 0 unspecified atom stereocenters. The van der Waals surface area contributed by atoms with Crippen molar-refractivity contribution in [2.24, 2.45) is 28.2 Å². The highest BCUT2D eigenvalue weighted by molar-refractivity contribution is 7.23. The van der Waals surface area contributed by atoms with E-state index < -0.39 is 0 Å². The zero-order chi connectivity index (χ0) is 98.9. The van der Waals surface area contributed by atoms with Crippen LogP contribution >= 0.6 is 22.7 Å². The molecule has 8 nitrogen and oxygen atoms in total. The van der Waals surface area contributed by atoms with Gasteiger partial charge in [-0.2, -0.15) is 0 Å². The average molecular weight is 1880 g/mol. The van der Waals surface area contributed by atoms with Crippen LogP contribution in [0.3, 0.4) is 0 Å². The van der Waals surface area contributed by atoms with Crippen molar-refractivity contribution in [3.05, 3.63) is 405 Å². The molecular weight excluding hydrogens is 1760 g/mol. The fourth-order valence-electron chi connectivity index (χ4n) is 22.5. The highest BCUT2D eigenvalue weighted by atomic mass is 32.1. The second-order valence-corrected chi connectivity index (χ2v) is 43.3. The Balaban J connectivity index is 0.000000112. The van der Waals surface area contributed by atoms with E-state index in [2.05, 4.69) is 499 Å². The molecule has 0 aliphatic carbocycles. The van der Waals surface area contributed by atoms with E-state index in [0.29, 0.717) is 0 Å². The van der Waals surface area contributed by atoms with E-state index in [4.69, 9.17) is 20.4 Å². The van der Waals surface area contributed by atoms with Gasteiger partial charge in [0.15, 0.2) is 28.2 Å². The zero-order valence-corrected chi connectivity index (χ0v) is 87.2. The molecule has 0 aliphatic rings. The molecule has 142 heavy (non-hydrogen) atoms. The van der Waals surface area contributed by atoms with Gasteiger partial charge in [0.25, 0.3) is 11.4 Å². The standard InChI is InChI=1S/2C36H35N2.2C30H25N2S/c2*1-22-13-12-14-23(2)33(22)34-30-19-25-15-8-9-16-26(25)20-31(30)35(38(7)37-34)29-21-32(36(4,5)6)28-18-11-10-17-27(28)24(29)3;2*1-18-10-9-11-19(2)27(18)28-24-16-21-12-5-6-13-22(21)17-25(24)29(32(4)31-28)30-20(3)23-14-7-8-15-26(23)33-30/h2*8-21H,1-7H3;2*5-17H,1-4H3/q4*+1. The van der Waals surface area contributed by atoms with Gasteiger partial charge in [0.2, 0.25) is 11.4 Å². The number of rotatable bonds is 8. The van der Waals surface area contributed by atoms with E-state index >= 15 is 0 Å². The second kappa shape index (κ2) is 36.8. The summed E-state index contributed by atoms with van der Waals surface area (Å²) < 4.78 is 11.0. The molecule has 0 saturated carbocycles. The maximum absolute atomic E-state index is 5.31. The highest BCUT2D eigenvalue weighted by Gasteiger charge is 2.35. The van der Waals surface area contributed by atoms with Crippen molar-refractivity contribution in [3.63, 3.8) is 0 Å². The summed E-state index contributed by atoms with van der Waals surface area (Å²) in [6.07, 6.45) is 0. The normalized spacial score (nSPS) is 11.9. The number of nitrogens with zero attached hydrogens (tertiary/aromatic N) is 8. The lowest BCUT2D eigenvalue weighted by Crippen LogP contribution is -2.37. The number of thiophene rings is 2. The smallest absolute Gasteiger partial charge is 0.128 e. The number of aryl methyl sites for hydroxylation is 16. The van der Waals surface area contributed by atoms with E-state index in [0.717, 1.165) is 34.2 Å². The first-order chi connectivity index (χ1) is 68.3. The summed E-state index contributed by atoms with van der Waals surface area (Å²) in [4.78, 5) is 2.58. The van der Waals surface area contributed by atoms with Gasteiger partial charge in [-0.1, -0.05) is 315 Å². The summed E-state index contributed by atoms with van der Waals surface area (Å²) in [7, 11) is 8.38. The van der Waals surface area contributed by atoms with Crippen LogP contribution in [0.15, 0.2) is 328 Å². The van der Waals surface area contributed by atoms with Crippen molar-refractivity contribution < 1.29 is 18.7 Å². The lowest BCUT2D eigenvalue weighted by molar-refractivity contribution is -0.718. The van der Waals surface area contributed by atoms with Gasteiger partial charge in [-0.3, -0.25) is 0 Å². The highest BCUT2D eigenvalue weighted by Crippen LogP contribution is 2.49. The van der Waals surface area contributed by atoms with Crippen LogP contribution in [-0.2, 0) is 39.0 Å². The first-order valence-corrected chi connectivity index (χ1v) is 51.2. The molecule has 0 N–H and O–H groups in total. The van der Waals surface area contributed by atoms with E-state index in [-0.39, 0.29) is 10.8 Å². The van der Waals surface area contributed by atoms with Crippen LogP contribution < -0.4 is 18.7 Å². The zero-order valence-electron chi connectivity index (χ0n) is 85.6. The van der Waals surface area contributed by atoms with Crippen molar-refractivity contribution in [2.75, 3.05) is 0 Å². The van der Waals surface area contributed by atoms with Crippen LogP contribution in [0.5, 0.6) is 0 Å². The molecule has 6 heterocycles. The molecule has 18 aromatic carbocycles. The number of hydrogen-bond acceptors (Lipinski definition) is 6. The second-order valence-electron chi connectivity index (χ2n) is 41.2. The van der Waals surface area contributed by atoms with Gasteiger partial charge in [-0.25, -0.2) is 0 Å². The van der Waals surface area contributed by atoms with Crippen LogP contribution in [0.1, 0.15) is 119 Å². The fraction of sp³-hybridized carbons (Fsp3) is 0.182. The number of aromatic nitrogens is 8.